The lowest BCUT2D eigenvalue weighted by molar-refractivity contribution is 0.177. The van der Waals surface area contributed by atoms with Gasteiger partial charge in [-0.3, -0.25) is 0 Å². The van der Waals surface area contributed by atoms with Crippen molar-refractivity contribution in [3.63, 3.8) is 0 Å². The molecular weight excluding hydrogens is 349 g/mol. The number of aliphatic hydroxyl groups is 1. The van der Waals surface area contributed by atoms with Crippen LogP contribution in [0.25, 0.3) is 0 Å². The van der Waals surface area contributed by atoms with Gasteiger partial charge < -0.3 is 5.11 Å². The minimum atomic E-state index is -0.887. The number of halogens is 3. The Kier molecular flexibility index (Phi) is 4.29. The van der Waals surface area contributed by atoms with Crippen LogP contribution < -0.4 is 0 Å². The van der Waals surface area contributed by atoms with E-state index in [-0.39, 0.29) is 6.42 Å². The zero-order valence-corrected chi connectivity index (χ0v) is 11.6. The fourth-order valence-electron chi connectivity index (χ4n) is 1.75. The monoisotopic (exact) mass is 360 g/mol. The number of hydrogen-bond donors (Lipinski definition) is 1. The van der Waals surface area contributed by atoms with E-state index in [1.54, 1.807) is 0 Å². The highest BCUT2D eigenvalue weighted by molar-refractivity contribution is 14.1. The van der Waals surface area contributed by atoms with Gasteiger partial charge in [0.05, 0.1) is 6.10 Å². The van der Waals surface area contributed by atoms with Crippen molar-refractivity contribution in [3.8, 4) is 0 Å². The van der Waals surface area contributed by atoms with Gasteiger partial charge in [-0.25, -0.2) is 8.78 Å². The molecule has 0 saturated carbocycles. The van der Waals surface area contributed by atoms with Crippen molar-refractivity contribution in [2.24, 2.45) is 0 Å². The first-order valence-corrected chi connectivity index (χ1v) is 6.52. The van der Waals surface area contributed by atoms with E-state index in [1.807, 2.05) is 24.3 Å². The molecule has 2 aromatic carbocycles. The highest BCUT2D eigenvalue weighted by Crippen LogP contribution is 2.23. The lowest BCUT2D eigenvalue weighted by Gasteiger charge is -2.13. The van der Waals surface area contributed by atoms with Crippen molar-refractivity contribution in [3.05, 3.63) is 68.8 Å². The Labute approximate surface area is 118 Å². The van der Waals surface area contributed by atoms with Gasteiger partial charge in [0.15, 0.2) is 11.6 Å². The second kappa shape index (κ2) is 5.75. The Balaban J connectivity index is 2.19. The van der Waals surface area contributed by atoms with Gasteiger partial charge in [0.25, 0.3) is 0 Å². The SMILES string of the molecule is OC(Cc1ccc(F)c(F)c1)c1ccccc1I. The second-order valence-electron chi connectivity index (χ2n) is 3.99. The summed E-state index contributed by atoms with van der Waals surface area (Å²) in [6.07, 6.45) is -0.458. The smallest absolute Gasteiger partial charge is 0.159 e. The lowest BCUT2D eigenvalue weighted by Crippen LogP contribution is -2.04. The molecule has 1 nitrogen and oxygen atoms in total. The number of rotatable bonds is 3. The highest BCUT2D eigenvalue weighted by atomic mass is 127. The molecule has 0 amide bonds. The van der Waals surface area contributed by atoms with Gasteiger partial charge in [0.2, 0.25) is 0 Å². The molecule has 1 atom stereocenters. The lowest BCUT2D eigenvalue weighted by atomic mass is 10.0. The average Bonchev–Trinajstić information content (AvgIpc) is 2.34. The van der Waals surface area contributed by atoms with Crippen molar-refractivity contribution in [1.29, 1.82) is 0 Å². The third-order valence-corrected chi connectivity index (χ3v) is 3.66. The summed E-state index contributed by atoms with van der Waals surface area (Å²) in [7, 11) is 0. The molecule has 2 aromatic rings. The van der Waals surface area contributed by atoms with Crippen LogP contribution in [0.1, 0.15) is 17.2 Å². The van der Waals surface area contributed by atoms with E-state index in [2.05, 4.69) is 22.6 Å². The number of benzene rings is 2. The Bertz CT molecular complexity index is 557. The summed E-state index contributed by atoms with van der Waals surface area (Å²) in [6, 6.07) is 11.1. The normalized spacial score (nSPS) is 12.4. The molecule has 0 aromatic heterocycles. The van der Waals surface area contributed by atoms with E-state index in [4.69, 9.17) is 0 Å². The molecule has 4 heteroatoms. The molecular formula is C14H11F2IO. The van der Waals surface area contributed by atoms with E-state index < -0.39 is 17.7 Å². The molecule has 1 unspecified atom stereocenters. The molecule has 0 saturated heterocycles. The molecule has 18 heavy (non-hydrogen) atoms. The largest absolute Gasteiger partial charge is 0.388 e. The summed E-state index contributed by atoms with van der Waals surface area (Å²) in [4.78, 5) is 0. The maximum absolute atomic E-state index is 13.1. The summed E-state index contributed by atoms with van der Waals surface area (Å²) < 4.78 is 26.8. The first-order chi connectivity index (χ1) is 8.58. The van der Waals surface area contributed by atoms with Crippen molar-refractivity contribution >= 4 is 22.6 Å². The summed E-state index contributed by atoms with van der Waals surface area (Å²) in [6.45, 7) is 0. The minimum Gasteiger partial charge on any atom is -0.388 e. The van der Waals surface area contributed by atoms with Crippen LogP contribution in [0.15, 0.2) is 42.5 Å². The van der Waals surface area contributed by atoms with Crippen LogP contribution in [-0.2, 0) is 6.42 Å². The Morgan fingerprint density at radius 2 is 1.78 bits per heavy atom. The van der Waals surface area contributed by atoms with Gasteiger partial charge in [-0.1, -0.05) is 24.3 Å². The predicted molar refractivity (Wildman–Crippen MR) is 74.2 cm³/mol. The summed E-state index contributed by atoms with van der Waals surface area (Å²) in [5, 5.41) is 10.1. The Morgan fingerprint density at radius 1 is 1.06 bits per heavy atom. The Morgan fingerprint density at radius 3 is 2.44 bits per heavy atom. The quantitative estimate of drug-likeness (QED) is 0.825. The van der Waals surface area contributed by atoms with Crippen molar-refractivity contribution in [1.82, 2.24) is 0 Å². The van der Waals surface area contributed by atoms with Crippen LogP contribution in [0.4, 0.5) is 8.78 Å². The molecule has 94 valence electrons. The topological polar surface area (TPSA) is 20.2 Å². The van der Waals surface area contributed by atoms with E-state index in [0.29, 0.717) is 5.56 Å². The molecule has 2 rings (SSSR count). The van der Waals surface area contributed by atoms with Crippen LogP contribution in [0.5, 0.6) is 0 Å². The van der Waals surface area contributed by atoms with Crippen LogP contribution in [-0.4, -0.2) is 5.11 Å². The fraction of sp³-hybridized carbons (Fsp3) is 0.143. The fourth-order valence-corrected chi connectivity index (χ4v) is 2.49. The predicted octanol–water partition coefficient (Wildman–Crippen LogP) is 3.85. The first kappa shape index (κ1) is 13.4. The maximum Gasteiger partial charge on any atom is 0.159 e. The van der Waals surface area contributed by atoms with Crippen molar-refractivity contribution in [2.45, 2.75) is 12.5 Å². The molecule has 0 fully saturated rings. The van der Waals surface area contributed by atoms with E-state index in [1.165, 1.54) is 6.07 Å². The van der Waals surface area contributed by atoms with Gasteiger partial charge in [-0.2, -0.15) is 0 Å². The van der Waals surface area contributed by atoms with Crippen molar-refractivity contribution < 1.29 is 13.9 Å². The second-order valence-corrected chi connectivity index (χ2v) is 5.15. The van der Waals surface area contributed by atoms with Crippen LogP contribution in [0.3, 0.4) is 0 Å². The van der Waals surface area contributed by atoms with E-state index >= 15 is 0 Å². The maximum atomic E-state index is 13.1. The summed E-state index contributed by atoms with van der Waals surface area (Å²) in [5.41, 5.74) is 1.36. The molecule has 0 aliphatic rings. The standard InChI is InChI=1S/C14H11F2IO/c15-11-6-5-9(7-12(11)16)8-14(18)10-3-1-2-4-13(10)17/h1-7,14,18H,8H2. The van der Waals surface area contributed by atoms with Gasteiger partial charge >= 0.3 is 0 Å². The molecule has 0 heterocycles. The minimum absolute atomic E-state index is 0.261. The zero-order chi connectivity index (χ0) is 13.1. The van der Waals surface area contributed by atoms with Gasteiger partial charge in [0.1, 0.15) is 0 Å². The summed E-state index contributed by atoms with van der Waals surface area (Å²) in [5.74, 6) is -1.76. The summed E-state index contributed by atoms with van der Waals surface area (Å²) >= 11 is 2.14. The molecule has 0 aliphatic carbocycles. The zero-order valence-electron chi connectivity index (χ0n) is 9.41. The third kappa shape index (κ3) is 3.05. The molecule has 0 radical (unpaired) electrons. The molecule has 0 bridgehead atoms. The average molecular weight is 360 g/mol. The van der Waals surface area contributed by atoms with Crippen LogP contribution in [0.2, 0.25) is 0 Å². The Hall–Kier alpha value is -1.01. The molecule has 0 aliphatic heterocycles. The third-order valence-electron chi connectivity index (χ3n) is 2.68. The first-order valence-electron chi connectivity index (χ1n) is 5.44. The van der Waals surface area contributed by atoms with Crippen molar-refractivity contribution in [2.75, 3.05) is 0 Å². The number of hydrogen-bond acceptors (Lipinski definition) is 1. The highest BCUT2D eigenvalue weighted by Gasteiger charge is 2.12. The molecule has 1 N–H and O–H groups in total. The van der Waals surface area contributed by atoms with E-state index in [0.717, 1.165) is 21.3 Å². The van der Waals surface area contributed by atoms with Crippen LogP contribution >= 0.6 is 22.6 Å². The van der Waals surface area contributed by atoms with E-state index in [9.17, 15) is 13.9 Å². The molecule has 0 spiro atoms. The van der Waals surface area contributed by atoms with Gasteiger partial charge in [-0.15, -0.1) is 0 Å². The van der Waals surface area contributed by atoms with Gasteiger partial charge in [0, 0.05) is 9.99 Å². The number of aliphatic hydroxyl groups excluding tert-OH is 1. The van der Waals surface area contributed by atoms with Gasteiger partial charge in [-0.05, 0) is 51.9 Å². The van der Waals surface area contributed by atoms with Crippen LogP contribution in [0, 0.1) is 15.2 Å².